The van der Waals surface area contributed by atoms with Crippen LogP contribution >= 0.6 is 11.6 Å². The van der Waals surface area contributed by atoms with Crippen molar-refractivity contribution in [1.82, 2.24) is 9.80 Å². The Morgan fingerprint density at radius 3 is 2.54 bits per heavy atom. The van der Waals surface area contributed by atoms with E-state index in [9.17, 15) is 14.7 Å². The average Bonchev–Trinajstić information content (AvgIpc) is 3.21. The number of fused-ring (bicyclic) bond motifs is 1. The molecule has 3 fully saturated rings. The number of carbonyl (C=O) groups excluding carboxylic acids is 1. The molecule has 1 aromatic carbocycles. The highest BCUT2D eigenvalue weighted by molar-refractivity contribution is 6.33. The van der Waals surface area contributed by atoms with E-state index in [0.29, 0.717) is 36.5 Å². The maximum absolute atomic E-state index is 13.1. The van der Waals surface area contributed by atoms with Crippen molar-refractivity contribution in [2.45, 2.75) is 38.1 Å². The van der Waals surface area contributed by atoms with Gasteiger partial charge in [0.15, 0.2) is 0 Å². The normalized spacial score (nSPS) is 28.3. The van der Waals surface area contributed by atoms with Crippen LogP contribution in [0.5, 0.6) is 0 Å². The molecule has 4 rings (SSSR count). The van der Waals surface area contributed by atoms with Gasteiger partial charge in [0.2, 0.25) is 0 Å². The molecule has 1 N–H and O–H groups in total. The van der Waals surface area contributed by atoms with Crippen LogP contribution in [0.1, 0.15) is 42.5 Å². The summed E-state index contributed by atoms with van der Waals surface area (Å²) in [6.45, 7) is 3.81. The molecule has 152 valence electrons. The lowest BCUT2D eigenvalue weighted by Crippen LogP contribution is -2.63. The summed E-state index contributed by atoms with van der Waals surface area (Å²) in [6, 6.07) is 5.42. The number of likely N-dealkylation sites (tertiary alicyclic amines) is 2. The van der Waals surface area contributed by atoms with E-state index in [2.05, 4.69) is 9.80 Å². The second kappa shape index (κ2) is 7.56. The number of nitrogens with zero attached hydrogens (tertiary/aromatic N) is 3. The van der Waals surface area contributed by atoms with Gasteiger partial charge in [-0.1, -0.05) is 11.6 Å². The first-order valence-electron chi connectivity index (χ1n) is 10.2. The smallest absolute Gasteiger partial charge is 0.311 e. The number of halogens is 1. The van der Waals surface area contributed by atoms with Gasteiger partial charge in [-0.05, 0) is 63.9 Å². The SMILES string of the molecule is CN1CCC[C@]2(C(=O)O)CCN(C(=O)c3ccc(N4CCCC4)c(Cl)c3)C[C@@H]12. The lowest BCUT2D eigenvalue weighted by atomic mass is 9.68. The predicted molar refractivity (Wildman–Crippen MR) is 109 cm³/mol. The molecule has 0 unspecified atom stereocenters. The summed E-state index contributed by atoms with van der Waals surface area (Å²) < 4.78 is 0. The second-order valence-electron chi connectivity index (χ2n) is 8.42. The monoisotopic (exact) mass is 405 g/mol. The van der Waals surface area contributed by atoms with Crippen LogP contribution in [0.25, 0.3) is 0 Å². The maximum Gasteiger partial charge on any atom is 0.311 e. The number of carboxylic acids is 1. The zero-order valence-corrected chi connectivity index (χ0v) is 17.1. The van der Waals surface area contributed by atoms with E-state index >= 15 is 0 Å². The molecule has 7 heteroatoms. The van der Waals surface area contributed by atoms with Gasteiger partial charge in [0.25, 0.3) is 5.91 Å². The van der Waals surface area contributed by atoms with E-state index in [1.165, 1.54) is 12.8 Å². The molecule has 0 bridgehead atoms. The van der Waals surface area contributed by atoms with Crippen molar-refractivity contribution < 1.29 is 14.7 Å². The van der Waals surface area contributed by atoms with Crippen LogP contribution in [0.4, 0.5) is 5.69 Å². The lowest BCUT2D eigenvalue weighted by molar-refractivity contribution is -0.161. The highest BCUT2D eigenvalue weighted by Gasteiger charge is 2.52. The first-order chi connectivity index (χ1) is 13.4. The number of hydrogen-bond acceptors (Lipinski definition) is 4. The molecule has 2 atom stereocenters. The third-order valence-electron chi connectivity index (χ3n) is 6.88. The molecule has 0 saturated carbocycles. The standard InChI is InChI=1S/C21H28ClN3O3/c1-23-9-4-7-21(20(27)28)8-12-25(14-18(21)23)19(26)15-5-6-17(16(22)13-15)24-10-2-3-11-24/h5-6,13,18H,2-4,7-12,14H2,1H3,(H,27,28)/t18-,21+/m1/s1. The van der Waals surface area contributed by atoms with E-state index in [1.54, 1.807) is 11.0 Å². The Labute approximate surface area is 171 Å². The molecule has 3 aliphatic heterocycles. The molecule has 1 amide bonds. The minimum Gasteiger partial charge on any atom is -0.481 e. The van der Waals surface area contributed by atoms with Gasteiger partial charge in [0.1, 0.15) is 0 Å². The van der Waals surface area contributed by atoms with Gasteiger partial charge >= 0.3 is 5.97 Å². The Kier molecular flexibility index (Phi) is 5.27. The largest absolute Gasteiger partial charge is 0.481 e. The Balaban J connectivity index is 1.53. The highest BCUT2D eigenvalue weighted by Crippen LogP contribution is 2.42. The van der Waals surface area contributed by atoms with Gasteiger partial charge in [-0.15, -0.1) is 0 Å². The number of likely N-dealkylation sites (N-methyl/N-ethyl adjacent to an activating group) is 1. The number of carboxylic acid groups (broad SMARTS) is 1. The van der Waals surface area contributed by atoms with Crippen LogP contribution in [-0.4, -0.2) is 72.6 Å². The van der Waals surface area contributed by atoms with Gasteiger partial charge in [-0.25, -0.2) is 0 Å². The number of hydrogen-bond donors (Lipinski definition) is 1. The van der Waals surface area contributed by atoms with Crippen molar-refractivity contribution in [1.29, 1.82) is 0 Å². The van der Waals surface area contributed by atoms with Gasteiger partial charge in [-0.2, -0.15) is 0 Å². The van der Waals surface area contributed by atoms with Crippen LogP contribution in [-0.2, 0) is 4.79 Å². The number of anilines is 1. The number of rotatable bonds is 3. The summed E-state index contributed by atoms with van der Waals surface area (Å²) in [5.41, 5.74) is 0.835. The van der Waals surface area contributed by atoms with Crippen molar-refractivity contribution in [3.05, 3.63) is 28.8 Å². The van der Waals surface area contributed by atoms with E-state index in [1.807, 2.05) is 19.2 Å². The van der Waals surface area contributed by atoms with Crippen LogP contribution < -0.4 is 4.90 Å². The third-order valence-corrected chi connectivity index (χ3v) is 7.18. The second-order valence-corrected chi connectivity index (χ2v) is 8.83. The Morgan fingerprint density at radius 1 is 1.11 bits per heavy atom. The number of aliphatic carboxylic acids is 1. The van der Waals surface area contributed by atoms with E-state index in [4.69, 9.17) is 11.6 Å². The molecule has 0 aliphatic carbocycles. The summed E-state index contributed by atoms with van der Waals surface area (Å²) in [7, 11) is 1.97. The number of amides is 1. The summed E-state index contributed by atoms with van der Waals surface area (Å²) in [4.78, 5) is 31.4. The fourth-order valence-electron chi connectivity index (χ4n) is 5.21. The lowest BCUT2D eigenvalue weighted by Gasteiger charge is -2.51. The molecule has 0 spiro atoms. The minimum absolute atomic E-state index is 0.0622. The van der Waals surface area contributed by atoms with Crippen molar-refractivity contribution in [2.75, 3.05) is 44.7 Å². The fourth-order valence-corrected chi connectivity index (χ4v) is 5.51. The molecule has 0 radical (unpaired) electrons. The molecule has 3 heterocycles. The summed E-state index contributed by atoms with van der Waals surface area (Å²) >= 11 is 6.49. The average molecular weight is 406 g/mol. The van der Waals surface area contributed by atoms with E-state index < -0.39 is 11.4 Å². The quantitative estimate of drug-likeness (QED) is 0.837. The molecule has 6 nitrogen and oxygen atoms in total. The van der Waals surface area contributed by atoms with Crippen molar-refractivity contribution in [2.24, 2.45) is 5.41 Å². The van der Waals surface area contributed by atoms with E-state index in [-0.39, 0.29) is 11.9 Å². The zero-order valence-electron chi connectivity index (χ0n) is 16.4. The van der Waals surface area contributed by atoms with E-state index in [0.717, 1.165) is 31.7 Å². The Bertz CT molecular complexity index is 780. The predicted octanol–water partition coefficient (Wildman–Crippen LogP) is 2.95. The molecule has 3 aliphatic rings. The maximum atomic E-state index is 13.1. The third kappa shape index (κ3) is 3.26. The summed E-state index contributed by atoms with van der Waals surface area (Å²) in [6.07, 6.45) is 4.43. The van der Waals surface area contributed by atoms with Crippen LogP contribution in [0.3, 0.4) is 0 Å². The molecular weight excluding hydrogens is 378 g/mol. The number of carbonyl (C=O) groups is 2. The number of benzene rings is 1. The molecule has 3 saturated heterocycles. The van der Waals surface area contributed by atoms with Crippen LogP contribution in [0.2, 0.25) is 5.02 Å². The molecule has 0 aromatic heterocycles. The zero-order chi connectivity index (χ0) is 19.9. The first kappa shape index (κ1) is 19.5. The van der Waals surface area contributed by atoms with Crippen LogP contribution in [0, 0.1) is 5.41 Å². The summed E-state index contributed by atoms with van der Waals surface area (Å²) in [5, 5.41) is 10.5. The highest BCUT2D eigenvalue weighted by atomic mass is 35.5. The molecule has 1 aromatic rings. The summed E-state index contributed by atoms with van der Waals surface area (Å²) in [5.74, 6) is -0.790. The van der Waals surface area contributed by atoms with Crippen molar-refractivity contribution >= 4 is 29.2 Å². The van der Waals surface area contributed by atoms with Crippen molar-refractivity contribution in [3.63, 3.8) is 0 Å². The Hall–Kier alpha value is -1.79. The van der Waals surface area contributed by atoms with Crippen LogP contribution in [0.15, 0.2) is 18.2 Å². The fraction of sp³-hybridized carbons (Fsp3) is 0.619. The minimum atomic E-state index is -0.735. The number of piperidine rings is 2. The van der Waals surface area contributed by atoms with Gasteiger partial charge in [0.05, 0.1) is 16.1 Å². The van der Waals surface area contributed by atoms with Crippen molar-refractivity contribution in [3.8, 4) is 0 Å². The Morgan fingerprint density at radius 2 is 1.86 bits per heavy atom. The molecular formula is C21H28ClN3O3. The topological polar surface area (TPSA) is 64.1 Å². The van der Waals surface area contributed by atoms with Gasteiger partial charge in [0, 0.05) is 37.8 Å². The first-order valence-corrected chi connectivity index (χ1v) is 10.6. The van der Waals surface area contributed by atoms with Gasteiger partial charge in [-0.3, -0.25) is 9.59 Å². The van der Waals surface area contributed by atoms with Gasteiger partial charge < -0.3 is 19.8 Å². The molecule has 28 heavy (non-hydrogen) atoms.